The van der Waals surface area contributed by atoms with Gasteiger partial charge in [0, 0.05) is 17.0 Å². The van der Waals surface area contributed by atoms with Crippen LogP contribution in [0.25, 0.3) is 10.9 Å². The molecule has 6 heteroatoms. The minimum absolute atomic E-state index is 0.00228. The van der Waals surface area contributed by atoms with E-state index in [-0.39, 0.29) is 16.7 Å². The summed E-state index contributed by atoms with van der Waals surface area (Å²) in [6.07, 6.45) is 1.17. The first kappa shape index (κ1) is 21.1. The van der Waals surface area contributed by atoms with Gasteiger partial charge in [-0.3, -0.25) is 4.79 Å². The highest BCUT2D eigenvalue weighted by Crippen LogP contribution is 2.24. The van der Waals surface area contributed by atoms with Gasteiger partial charge >= 0.3 is 0 Å². The fourth-order valence-corrected chi connectivity index (χ4v) is 4.46. The molecule has 5 nitrogen and oxygen atoms in total. The van der Waals surface area contributed by atoms with Crippen LogP contribution in [0.3, 0.4) is 0 Å². The van der Waals surface area contributed by atoms with Crippen molar-refractivity contribution in [2.24, 2.45) is 0 Å². The summed E-state index contributed by atoms with van der Waals surface area (Å²) in [6.45, 7) is 6.75. The number of rotatable bonds is 7. The maximum atomic E-state index is 12.5. The number of H-pyrrole nitrogens is 1. The minimum Gasteiger partial charge on any atom is -0.494 e. The fourth-order valence-electron chi connectivity index (χ4n) is 3.09. The molecule has 154 valence electrons. The summed E-state index contributed by atoms with van der Waals surface area (Å²) in [6, 6.07) is 15.9. The Morgan fingerprint density at radius 1 is 0.931 bits per heavy atom. The third-order valence-electron chi connectivity index (χ3n) is 4.85. The largest absolute Gasteiger partial charge is 0.494 e. The molecule has 0 atom stereocenters. The van der Waals surface area contributed by atoms with E-state index in [1.807, 2.05) is 18.2 Å². The maximum absolute atomic E-state index is 12.5. The second kappa shape index (κ2) is 8.41. The van der Waals surface area contributed by atoms with Crippen LogP contribution in [0.5, 0.6) is 5.75 Å². The van der Waals surface area contributed by atoms with Crippen LogP contribution in [-0.2, 0) is 15.3 Å². The second-order valence-electron chi connectivity index (χ2n) is 8.22. The van der Waals surface area contributed by atoms with Gasteiger partial charge in [0.15, 0.2) is 9.84 Å². The van der Waals surface area contributed by atoms with E-state index in [0.717, 1.165) is 16.5 Å². The van der Waals surface area contributed by atoms with Crippen molar-refractivity contribution in [1.82, 2.24) is 4.98 Å². The number of nitrogens with one attached hydrogen (secondary N) is 1. The Hall–Kier alpha value is -2.60. The Labute approximate surface area is 171 Å². The lowest BCUT2D eigenvalue weighted by Gasteiger charge is -2.19. The number of hydrogen-bond acceptors (Lipinski definition) is 4. The Morgan fingerprint density at radius 3 is 2.34 bits per heavy atom. The van der Waals surface area contributed by atoms with Crippen LogP contribution in [0.2, 0.25) is 0 Å². The SMILES string of the molecule is CC(C)(C)c1ccc(S(=O)(=O)CCCCOc2ccc3[nH]c(=O)ccc3c2)cc1. The number of benzene rings is 2. The van der Waals surface area contributed by atoms with Crippen molar-refractivity contribution < 1.29 is 13.2 Å². The predicted molar refractivity (Wildman–Crippen MR) is 116 cm³/mol. The molecule has 3 rings (SSSR count). The van der Waals surface area contributed by atoms with Crippen LogP contribution in [-0.4, -0.2) is 25.8 Å². The number of hydrogen-bond donors (Lipinski definition) is 1. The Kier molecular flexibility index (Phi) is 6.13. The highest BCUT2D eigenvalue weighted by Gasteiger charge is 2.17. The molecule has 1 N–H and O–H groups in total. The summed E-state index contributed by atoms with van der Waals surface area (Å²) in [5.74, 6) is 0.801. The van der Waals surface area contributed by atoms with E-state index in [1.165, 1.54) is 6.07 Å². The van der Waals surface area contributed by atoms with Crippen molar-refractivity contribution >= 4 is 20.7 Å². The molecule has 0 saturated heterocycles. The topological polar surface area (TPSA) is 76.2 Å². The van der Waals surface area contributed by atoms with Crippen LogP contribution < -0.4 is 10.3 Å². The van der Waals surface area contributed by atoms with E-state index in [0.29, 0.717) is 30.1 Å². The van der Waals surface area contributed by atoms with Crippen molar-refractivity contribution in [3.8, 4) is 5.75 Å². The average molecular weight is 414 g/mol. The fraction of sp³-hybridized carbons (Fsp3) is 0.348. The molecule has 0 unspecified atom stereocenters. The van der Waals surface area contributed by atoms with Crippen molar-refractivity contribution in [1.29, 1.82) is 0 Å². The standard InChI is InChI=1S/C23H27NO4S/c1-23(2,3)18-7-10-20(11-8-18)29(26,27)15-5-4-14-28-19-9-12-21-17(16-19)6-13-22(25)24-21/h6-13,16H,4-5,14-15H2,1-3H3,(H,24,25). The highest BCUT2D eigenvalue weighted by molar-refractivity contribution is 7.91. The molecular formula is C23H27NO4S. The summed E-state index contributed by atoms with van der Waals surface area (Å²) in [4.78, 5) is 14.4. The molecule has 1 heterocycles. The third kappa shape index (κ3) is 5.48. The van der Waals surface area contributed by atoms with Crippen molar-refractivity contribution in [3.05, 3.63) is 70.5 Å². The van der Waals surface area contributed by atoms with Gasteiger partial charge in [0.2, 0.25) is 5.56 Å². The number of ether oxygens (including phenoxy) is 1. The van der Waals surface area contributed by atoms with Gasteiger partial charge in [0.25, 0.3) is 0 Å². The van der Waals surface area contributed by atoms with Gasteiger partial charge < -0.3 is 9.72 Å². The summed E-state index contributed by atoms with van der Waals surface area (Å²) < 4.78 is 30.8. The van der Waals surface area contributed by atoms with Crippen LogP contribution in [0.4, 0.5) is 0 Å². The van der Waals surface area contributed by atoms with Crippen molar-refractivity contribution in [3.63, 3.8) is 0 Å². The first-order valence-corrected chi connectivity index (χ1v) is 11.4. The lowest BCUT2D eigenvalue weighted by atomic mass is 9.87. The van der Waals surface area contributed by atoms with Gasteiger partial charge in [-0.05, 0) is 60.2 Å². The molecule has 0 amide bonds. The van der Waals surface area contributed by atoms with Crippen LogP contribution in [0, 0.1) is 0 Å². The summed E-state index contributed by atoms with van der Waals surface area (Å²) >= 11 is 0. The molecular weight excluding hydrogens is 386 g/mol. The molecule has 0 aliphatic carbocycles. The molecule has 3 aromatic rings. The molecule has 1 aromatic heterocycles. The number of sulfone groups is 1. The summed E-state index contributed by atoms with van der Waals surface area (Å²) in [7, 11) is -3.29. The lowest BCUT2D eigenvalue weighted by molar-refractivity contribution is 0.310. The number of aromatic nitrogens is 1. The van der Waals surface area contributed by atoms with E-state index < -0.39 is 9.84 Å². The van der Waals surface area contributed by atoms with Crippen molar-refractivity contribution in [2.75, 3.05) is 12.4 Å². The second-order valence-corrected chi connectivity index (χ2v) is 10.3. The van der Waals surface area contributed by atoms with E-state index in [4.69, 9.17) is 4.74 Å². The van der Waals surface area contributed by atoms with Crippen LogP contribution >= 0.6 is 0 Å². The molecule has 0 aliphatic rings. The lowest BCUT2D eigenvalue weighted by Crippen LogP contribution is -2.12. The summed E-state index contributed by atoms with van der Waals surface area (Å²) in [5, 5.41) is 0.892. The maximum Gasteiger partial charge on any atom is 0.248 e. The smallest absolute Gasteiger partial charge is 0.248 e. The quantitative estimate of drug-likeness (QED) is 0.580. The van der Waals surface area contributed by atoms with Gasteiger partial charge in [-0.15, -0.1) is 0 Å². The number of unbranched alkanes of at least 4 members (excludes halogenated alkanes) is 1. The van der Waals surface area contributed by atoms with Gasteiger partial charge in [-0.25, -0.2) is 8.42 Å². The van der Waals surface area contributed by atoms with E-state index >= 15 is 0 Å². The van der Waals surface area contributed by atoms with Crippen molar-refractivity contribution in [2.45, 2.75) is 43.9 Å². The number of fused-ring (bicyclic) bond motifs is 1. The molecule has 0 spiro atoms. The van der Waals surface area contributed by atoms with E-state index in [2.05, 4.69) is 25.8 Å². The normalized spacial score (nSPS) is 12.2. The zero-order valence-electron chi connectivity index (χ0n) is 17.1. The predicted octanol–water partition coefficient (Wildman–Crippen LogP) is 4.46. The van der Waals surface area contributed by atoms with Gasteiger partial charge in [-0.1, -0.05) is 32.9 Å². The summed E-state index contributed by atoms with van der Waals surface area (Å²) in [5.41, 5.74) is 1.73. The zero-order valence-corrected chi connectivity index (χ0v) is 17.9. The molecule has 0 radical (unpaired) electrons. The zero-order chi connectivity index (χ0) is 21.1. The Bertz CT molecular complexity index is 1140. The first-order valence-electron chi connectivity index (χ1n) is 9.74. The van der Waals surface area contributed by atoms with Gasteiger partial charge in [0.1, 0.15) is 5.75 Å². The third-order valence-corrected chi connectivity index (χ3v) is 6.67. The monoisotopic (exact) mass is 413 g/mol. The number of pyridine rings is 1. The van der Waals surface area contributed by atoms with Crippen LogP contribution in [0.1, 0.15) is 39.2 Å². The van der Waals surface area contributed by atoms with E-state index in [9.17, 15) is 13.2 Å². The molecule has 2 aromatic carbocycles. The van der Waals surface area contributed by atoms with Crippen LogP contribution in [0.15, 0.2) is 64.3 Å². The Morgan fingerprint density at radius 2 is 1.66 bits per heavy atom. The molecule has 0 saturated carbocycles. The Balaban J connectivity index is 1.50. The number of aromatic amines is 1. The highest BCUT2D eigenvalue weighted by atomic mass is 32.2. The minimum atomic E-state index is -3.29. The first-order chi connectivity index (χ1) is 13.6. The average Bonchev–Trinajstić information content (AvgIpc) is 2.67. The van der Waals surface area contributed by atoms with E-state index in [1.54, 1.807) is 30.3 Å². The molecule has 29 heavy (non-hydrogen) atoms. The van der Waals surface area contributed by atoms with Gasteiger partial charge in [0.05, 0.1) is 17.3 Å². The molecule has 0 fully saturated rings. The van der Waals surface area contributed by atoms with Gasteiger partial charge in [-0.2, -0.15) is 0 Å². The molecule has 0 bridgehead atoms. The molecule has 0 aliphatic heterocycles.